The maximum Gasteiger partial charge on any atom is 0.232 e. The maximum absolute atomic E-state index is 12.9. The van der Waals surface area contributed by atoms with E-state index in [9.17, 15) is 18.0 Å². The number of rotatable bonds is 5. The Bertz CT molecular complexity index is 1010. The molecule has 2 aromatic rings. The third kappa shape index (κ3) is 3.39. The van der Waals surface area contributed by atoms with Crippen molar-refractivity contribution in [2.24, 2.45) is 5.92 Å². The minimum Gasteiger partial charge on any atom is -0.289 e. The first-order valence-electron chi connectivity index (χ1n) is 8.22. The molecule has 0 heterocycles. The third-order valence-electron chi connectivity index (χ3n) is 4.25. The van der Waals surface area contributed by atoms with E-state index in [1.807, 2.05) is 13.8 Å². The van der Waals surface area contributed by atoms with Crippen LogP contribution in [0.25, 0.3) is 0 Å². The van der Waals surface area contributed by atoms with Gasteiger partial charge in [-0.05, 0) is 24.5 Å². The van der Waals surface area contributed by atoms with Crippen LogP contribution in [0, 0.1) is 5.92 Å². The number of nitrogens with one attached hydrogen (secondary N) is 1. The zero-order chi connectivity index (χ0) is 19.1. The van der Waals surface area contributed by atoms with Gasteiger partial charge in [-0.25, -0.2) is 8.42 Å². The Morgan fingerprint density at radius 3 is 2.12 bits per heavy atom. The number of fused-ring (bicyclic) bond motifs is 2. The SMILES string of the molecule is CC(C)CCS(=O)(=O)Nc1ccc(Cl)c2c1C(=O)c1ccccc1C2=O. The molecule has 0 aromatic heterocycles. The summed E-state index contributed by atoms with van der Waals surface area (Å²) in [7, 11) is -3.65. The van der Waals surface area contributed by atoms with Gasteiger partial charge in [0.25, 0.3) is 0 Å². The van der Waals surface area contributed by atoms with Crippen molar-refractivity contribution in [1.82, 2.24) is 0 Å². The van der Waals surface area contributed by atoms with Crippen LogP contribution in [-0.2, 0) is 10.0 Å². The van der Waals surface area contributed by atoms with Crippen molar-refractivity contribution < 1.29 is 18.0 Å². The van der Waals surface area contributed by atoms with E-state index in [-0.39, 0.29) is 50.4 Å². The number of benzene rings is 2. The number of carbonyl (C=O) groups is 2. The monoisotopic (exact) mass is 391 g/mol. The van der Waals surface area contributed by atoms with Crippen molar-refractivity contribution in [2.75, 3.05) is 10.5 Å². The fraction of sp³-hybridized carbons (Fsp3) is 0.263. The highest BCUT2D eigenvalue weighted by molar-refractivity contribution is 7.92. The maximum atomic E-state index is 12.9. The zero-order valence-corrected chi connectivity index (χ0v) is 15.9. The second-order valence-electron chi connectivity index (χ2n) is 6.65. The Balaban J connectivity index is 2.09. The molecule has 136 valence electrons. The standard InChI is InChI=1S/C19H18ClNO4S/c1-11(2)9-10-26(24,25)21-15-8-7-14(20)16-17(15)19(23)13-6-4-3-5-12(13)18(16)22/h3-8,11,21H,9-10H2,1-2H3. The van der Waals surface area contributed by atoms with Gasteiger partial charge in [0, 0.05) is 11.1 Å². The average Bonchev–Trinajstić information content (AvgIpc) is 2.59. The van der Waals surface area contributed by atoms with Gasteiger partial charge in [0.15, 0.2) is 11.6 Å². The Morgan fingerprint density at radius 1 is 0.962 bits per heavy atom. The van der Waals surface area contributed by atoms with Gasteiger partial charge in [0.05, 0.1) is 27.6 Å². The van der Waals surface area contributed by atoms with Gasteiger partial charge in [-0.1, -0.05) is 49.7 Å². The second kappa shape index (κ2) is 6.85. The summed E-state index contributed by atoms with van der Waals surface area (Å²) in [6.45, 7) is 3.86. The van der Waals surface area contributed by atoms with E-state index in [2.05, 4.69) is 4.72 Å². The highest BCUT2D eigenvalue weighted by Crippen LogP contribution is 2.36. The van der Waals surface area contributed by atoms with Gasteiger partial charge in [-0.15, -0.1) is 0 Å². The molecule has 0 unspecified atom stereocenters. The molecule has 0 fully saturated rings. The van der Waals surface area contributed by atoms with Crippen molar-refractivity contribution in [3.63, 3.8) is 0 Å². The predicted molar refractivity (Wildman–Crippen MR) is 102 cm³/mol. The van der Waals surface area contributed by atoms with Crippen molar-refractivity contribution in [1.29, 1.82) is 0 Å². The number of carbonyl (C=O) groups excluding carboxylic acids is 2. The second-order valence-corrected chi connectivity index (χ2v) is 8.90. The molecule has 5 nitrogen and oxygen atoms in total. The summed E-state index contributed by atoms with van der Waals surface area (Å²) in [5.74, 6) is -0.649. The Labute approximate surface area is 157 Å². The van der Waals surface area contributed by atoms with E-state index in [1.54, 1.807) is 24.3 Å². The predicted octanol–water partition coefficient (Wildman–Crippen LogP) is 3.90. The summed E-state index contributed by atoms with van der Waals surface area (Å²) in [4.78, 5) is 25.7. The molecule has 7 heteroatoms. The van der Waals surface area contributed by atoms with Gasteiger partial charge >= 0.3 is 0 Å². The summed E-state index contributed by atoms with van der Waals surface area (Å²) < 4.78 is 27.2. The lowest BCUT2D eigenvalue weighted by Gasteiger charge is -2.21. The normalized spacial score (nSPS) is 13.5. The molecule has 0 saturated carbocycles. The van der Waals surface area contributed by atoms with Crippen LogP contribution in [0.15, 0.2) is 36.4 Å². The number of halogens is 1. The van der Waals surface area contributed by atoms with Crippen LogP contribution in [-0.4, -0.2) is 25.7 Å². The largest absolute Gasteiger partial charge is 0.289 e. The molecule has 1 aliphatic carbocycles. The number of ketones is 2. The minimum absolute atomic E-state index is 0.00863. The molecule has 0 aliphatic heterocycles. The molecule has 0 spiro atoms. The smallest absolute Gasteiger partial charge is 0.232 e. The van der Waals surface area contributed by atoms with Crippen LogP contribution in [0.5, 0.6) is 0 Å². The summed E-state index contributed by atoms with van der Waals surface area (Å²) in [5.41, 5.74) is 0.649. The first-order valence-corrected chi connectivity index (χ1v) is 10.3. The number of hydrogen-bond donors (Lipinski definition) is 1. The quantitative estimate of drug-likeness (QED) is 0.715. The van der Waals surface area contributed by atoms with E-state index in [0.717, 1.165) is 0 Å². The van der Waals surface area contributed by atoms with E-state index >= 15 is 0 Å². The summed E-state index contributed by atoms with van der Waals surface area (Å²) in [5, 5.41) is 0.123. The Kier molecular flexibility index (Phi) is 4.90. The van der Waals surface area contributed by atoms with Gasteiger partial charge in [0.1, 0.15) is 0 Å². The Morgan fingerprint density at radius 2 is 1.54 bits per heavy atom. The summed E-state index contributed by atoms with van der Waals surface area (Å²) >= 11 is 6.16. The molecule has 0 amide bonds. The highest BCUT2D eigenvalue weighted by Gasteiger charge is 2.34. The number of sulfonamides is 1. The molecule has 2 aromatic carbocycles. The van der Waals surface area contributed by atoms with E-state index in [0.29, 0.717) is 6.42 Å². The molecule has 1 N–H and O–H groups in total. The van der Waals surface area contributed by atoms with Crippen LogP contribution in [0.4, 0.5) is 5.69 Å². The van der Waals surface area contributed by atoms with E-state index in [1.165, 1.54) is 12.1 Å². The number of anilines is 1. The van der Waals surface area contributed by atoms with Gasteiger partial charge in [-0.3, -0.25) is 14.3 Å². The molecule has 26 heavy (non-hydrogen) atoms. The van der Waals surface area contributed by atoms with Crippen LogP contribution in [0.2, 0.25) is 5.02 Å². The minimum atomic E-state index is -3.65. The lowest BCUT2D eigenvalue weighted by Crippen LogP contribution is -2.25. The van der Waals surface area contributed by atoms with Crippen LogP contribution < -0.4 is 4.72 Å². The van der Waals surface area contributed by atoms with Crippen LogP contribution in [0.1, 0.15) is 52.1 Å². The average molecular weight is 392 g/mol. The molecular formula is C19H18ClNO4S. The zero-order valence-electron chi connectivity index (χ0n) is 14.4. The van der Waals surface area contributed by atoms with Crippen LogP contribution >= 0.6 is 11.6 Å². The van der Waals surface area contributed by atoms with Gasteiger partial charge < -0.3 is 0 Å². The molecule has 3 rings (SSSR count). The topological polar surface area (TPSA) is 80.3 Å². The van der Waals surface area contributed by atoms with Crippen molar-refractivity contribution in [2.45, 2.75) is 20.3 Å². The first-order chi connectivity index (χ1) is 12.2. The molecule has 0 atom stereocenters. The van der Waals surface area contributed by atoms with Crippen molar-refractivity contribution >= 4 is 38.9 Å². The van der Waals surface area contributed by atoms with Gasteiger partial charge in [-0.2, -0.15) is 0 Å². The number of hydrogen-bond acceptors (Lipinski definition) is 4. The van der Waals surface area contributed by atoms with E-state index < -0.39 is 15.8 Å². The molecule has 1 aliphatic rings. The molecule has 0 bridgehead atoms. The van der Waals surface area contributed by atoms with Gasteiger partial charge in [0.2, 0.25) is 10.0 Å². The lowest BCUT2D eigenvalue weighted by molar-refractivity contribution is 0.0980. The lowest BCUT2D eigenvalue weighted by atomic mass is 9.83. The molecule has 0 saturated heterocycles. The van der Waals surface area contributed by atoms with E-state index in [4.69, 9.17) is 11.6 Å². The van der Waals surface area contributed by atoms with Crippen molar-refractivity contribution in [3.8, 4) is 0 Å². The van der Waals surface area contributed by atoms with Crippen molar-refractivity contribution in [3.05, 3.63) is 63.7 Å². The summed E-state index contributed by atoms with van der Waals surface area (Å²) in [6.07, 6.45) is 0.487. The molecular weight excluding hydrogens is 374 g/mol. The third-order valence-corrected chi connectivity index (χ3v) is 5.87. The fourth-order valence-electron chi connectivity index (χ4n) is 2.88. The molecule has 0 radical (unpaired) electrons. The highest BCUT2D eigenvalue weighted by atomic mass is 35.5. The fourth-order valence-corrected chi connectivity index (χ4v) is 4.51. The summed E-state index contributed by atoms with van der Waals surface area (Å²) in [6, 6.07) is 9.30. The Hall–Kier alpha value is -2.18. The van der Waals surface area contributed by atoms with Crippen LogP contribution in [0.3, 0.4) is 0 Å². The first kappa shape index (κ1) is 18.6.